The lowest BCUT2D eigenvalue weighted by atomic mass is 9.73. The Bertz CT molecular complexity index is 392. The van der Waals surface area contributed by atoms with Crippen molar-refractivity contribution in [1.29, 1.82) is 0 Å². The van der Waals surface area contributed by atoms with Crippen LogP contribution in [0.4, 0.5) is 0 Å². The number of nitrogens with zero attached hydrogens (tertiary/aromatic N) is 1. The Morgan fingerprint density at radius 2 is 1.74 bits per heavy atom. The molecule has 1 N–H and O–H groups in total. The van der Waals surface area contributed by atoms with Crippen LogP contribution in [0.5, 0.6) is 0 Å². The van der Waals surface area contributed by atoms with E-state index in [0.29, 0.717) is 6.04 Å². The molecule has 1 heterocycles. The summed E-state index contributed by atoms with van der Waals surface area (Å²) in [5.41, 5.74) is 2.61. The van der Waals surface area contributed by atoms with Crippen LogP contribution in [0.15, 0.2) is 18.5 Å². The zero-order chi connectivity index (χ0) is 13.8. The van der Waals surface area contributed by atoms with Crippen molar-refractivity contribution in [3.8, 4) is 0 Å². The lowest BCUT2D eigenvalue weighted by molar-refractivity contribution is 0.192. The Balaban J connectivity index is 2.03. The van der Waals surface area contributed by atoms with Crippen LogP contribution in [0, 0.1) is 24.7 Å². The number of nitrogens with one attached hydrogen (secondary N) is 1. The third-order valence-corrected chi connectivity index (χ3v) is 4.80. The van der Waals surface area contributed by atoms with Crippen LogP contribution in [0.3, 0.4) is 0 Å². The summed E-state index contributed by atoms with van der Waals surface area (Å²) in [6.45, 7) is 6.86. The molecule has 1 unspecified atom stereocenters. The van der Waals surface area contributed by atoms with Gasteiger partial charge in [0.25, 0.3) is 0 Å². The van der Waals surface area contributed by atoms with Crippen molar-refractivity contribution >= 4 is 0 Å². The summed E-state index contributed by atoms with van der Waals surface area (Å²) in [4.78, 5) is 4.35. The summed E-state index contributed by atoms with van der Waals surface area (Å²) >= 11 is 0. The second-order valence-corrected chi connectivity index (χ2v) is 6.48. The van der Waals surface area contributed by atoms with Crippen LogP contribution < -0.4 is 5.32 Å². The van der Waals surface area contributed by atoms with Crippen molar-refractivity contribution < 1.29 is 0 Å². The molecule has 1 aliphatic carbocycles. The first-order chi connectivity index (χ1) is 9.11. The SMILES string of the molecule is CNC(c1cncc(C)c1)C1CCC(C(C)C)CC1. The van der Waals surface area contributed by atoms with Gasteiger partial charge >= 0.3 is 0 Å². The predicted octanol–water partition coefficient (Wildman–Crippen LogP) is 4.11. The number of hydrogen-bond donors (Lipinski definition) is 1. The Labute approximate surface area is 118 Å². The van der Waals surface area contributed by atoms with E-state index in [4.69, 9.17) is 0 Å². The molecule has 1 fully saturated rings. The van der Waals surface area contributed by atoms with E-state index < -0.39 is 0 Å². The molecule has 0 amide bonds. The van der Waals surface area contributed by atoms with Crippen LogP contribution in [-0.2, 0) is 0 Å². The summed E-state index contributed by atoms with van der Waals surface area (Å²) < 4.78 is 0. The normalized spacial score (nSPS) is 25.5. The van der Waals surface area contributed by atoms with E-state index in [1.165, 1.54) is 36.8 Å². The Morgan fingerprint density at radius 1 is 1.11 bits per heavy atom. The van der Waals surface area contributed by atoms with Crippen LogP contribution >= 0.6 is 0 Å². The molecule has 1 aliphatic rings. The van der Waals surface area contributed by atoms with E-state index >= 15 is 0 Å². The average Bonchev–Trinajstić information content (AvgIpc) is 2.40. The Morgan fingerprint density at radius 3 is 2.26 bits per heavy atom. The molecular formula is C17H28N2. The molecule has 106 valence electrons. The van der Waals surface area contributed by atoms with E-state index in [1.807, 2.05) is 12.4 Å². The molecule has 0 aromatic carbocycles. The lowest BCUT2D eigenvalue weighted by Gasteiger charge is -2.35. The Kier molecular flexibility index (Phi) is 4.98. The average molecular weight is 260 g/mol. The fourth-order valence-electron chi connectivity index (χ4n) is 3.57. The lowest BCUT2D eigenvalue weighted by Crippen LogP contribution is -2.30. The molecule has 0 saturated heterocycles. The zero-order valence-corrected chi connectivity index (χ0v) is 12.8. The number of aryl methyl sites for hydroxylation is 1. The maximum atomic E-state index is 4.35. The van der Waals surface area contributed by atoms with Gasteiger partial charge in [-0.2, -0.15) is 0 Å². The minimum atomic E-state index is 0.473. The number of aromatic nitrogens is 1. The standard InChI is InChI=1S/C17H28N2/c1-12(2)14-5-7-15(8-6-14)17(18-4)16-9-13(3)10-19-11-16/h9-12,14-15,17-18H,5-8H2,1-4H3. The van der Waals surface area contributed by atoms with Gasteiger partial charge in [0, 0.05) is 18.4 Å². The van der Waals surface area contributed by atoms with Gasteiger partial charge in [-0.15, -0.1) is 0 Å². The molecule has 1 aromatic rings. The van der Waals surface area contributed by atoms with Gasteiger partial charge < -0.3 is 5.32 Å². The van der Waals surface area contributed by atoms with Crippen molar-refractivity contribution in [3.63, 3.8) is 0 Å². The molecule has 2 rings (SSSR count). The summed E-state index contributed by atoms with van der Waals surface area (Å²) in [5.74, 6) is 2.54. The molecule has 2 nitrogen and oxygen atoms in total. The van der Waals surface area contributed by atoms with Crippen molar-refractivity contribution in [2.45, 2.75) is 52.5 Å². The van der Waals surface area contributed by atoms with Crippen LogP contribution in [0.2, 0.25) is 0 Å². The second kappa shape index (κ2) is 6.51. The topological polar surface area (TPSA) is 24.9 Å². The minimum absolute atomic E-state index is 0.473. The predicted molar refractivity (Wildman–Crippen MR) is 81.1 cm³/mol. The van der Waals surface area contributed by atoms with E-state index in [-0.39, 0.29) is 0 Å². The monoisotopic (exact) mass is 260 g/mol. The molecular weight excluding hydrogens is 232 g/mol. The molecule has 0 radical (unpaired) electrons. The molecule has 0 bridgehead atoms. The second-order valence-electron chi connectivity index (χ2n) is 6.48. The largest absolute Gasteiger partial charge is 0.313 e. The number of hydrogen-bond acceptors (Lipinski definition) is 2. The van der Waals surface area contributed by atoms with E-state index in [1.54, 1.807) is 0 Å². The van der Waals surface area contributed by atoms with Gasteiger partial charge in [-0.25, -0.2) is 0 Å². The van der Waals surface area contributed by atoms with E-state index in [0.717, 1.165) is 17.8 Å². The van der Waals surface area contributed by atoms with Gasteiger partial charge in [-0.1, -0.05) is 19.9 Å². The van der Waals surface area contributed by atoms with Crippen LogP contribution in [0.1, 0.15) is 56.7 Å². The smallest absolute Gasteiger partial charge is 0.0361 e. The third kappa shape index (κ3) is 3.56. The fraction of sp³-hybridized carbons (Fsp3) is 0.706. The van der Waals surface area contributed by atoms with E-state index in [9.17, 15) is 0 Å². The highest BCUT2D eigenvalue weighted by Crippen LogP contribution is 2.39. The van der Waals surface area contributed by atoms with Gasteiger partial charge in [0.15, 0.2) is 0 Å². The maximum Gasteiger partial charge on any atom is 0.0361 e. The zero-order valence-electron chi connectivity index (χ0n) is 12.8. The highest BCUT2D eigenvalue weighted by atomic mass is 14.9. The molecule has 1 aromatic heterocycles. The molecule has 19 heavy (non-hydrogen) atoms. The van der Waals surface area contributed by atoms with E-state index in [2.05, 4.69) is 44.2 Å². The summed E-state index contributed by atoms with van der Waals surface area (Å²) in [7, 11) is 2.08. The molecule has 0 spiro atoms. The molecule has 1 saturated carbocycles. The van der Waals surface area contributed by atoms with Crippen molar-refractivity contribution in [2.75, 3.05) is 7.05 Å². The van der Waals surface area contributed by atoms with Gasteiger partial charge in [0.2, 0.25) is 0 Å². The first-order valence-electron chi connectivity index (χ1n) is 7.70. The third-order valence-electron chi connectivity index (χ3n) is 4.80. The van der Waals surface area contributed by atoms with Gasteiger partial charge in [0.05, 0.1) is 0 Å². The van der Waals surface area contributed by atoms with Gasteiger partial charge in [-0.05, 0) is 68.5 Å². The van der Waals surface area contributed by atoms with Crippen LogP contribution in [0.25, 0.3) is 0 Å². The van der Waals surface area contributed by atoms with Crippen molar-refractivity contribution in [3.05, 3.63) is 29.6 Å². The first-order valence-corrected chi connectivity index (χ1v) is 7.70. The quantitative estimate of drug-likeness (QED) is 0.881. The number of pyridine rings is 1. The number of rotatable bonds is 4. The fourth-order valence-corrected chi connectivity index (χ4v) is 3.57. The maximum absolute atomic E-state index is 4.35. The molecule has 1 atom stereocenters. The summed E-state index contributed by atoms with van der Waals surface area (Å²) in [6, 6.07) is 2.75. The summed E-state index contributed by atoms with van der Waals surface area (Å²) in [5, 5.41) is 3.52. The minimum Gasteiger partial charge on any atom is -0.313 e. The van der Waals surface area contributed by atoms with Gasteiger partial charge in [0.1, 0.15) is 0 Å². The summed E-state index contributed by atoms with van der Waals surface area (Å²) in [6.07, 6.45) is 9.44. The van der Waals surface area contributed by atoms with Crippen molar-refractivity contribution in [2.24, 2.45) is 17.8 Å². The van der Waals surface area contributed by atoms with Crippen molar-refractivity contribution in [1.82, 2.24) is 10.3 Å². The van der Waals surface area contributed by atoms with Gasteiger partial charge in [-0.3, -0.25) is 4.98 Å². The van der Waals surface area contributed by atoms with Crippen LogP contribution in [-0.4, -0.2) is 12.0 Å². The molecule has 2 heteroatoms. The first kappa shape index (κ1) is 14.5. The Hall–Kier alpha value is -0.890. The highest BCUT2D eigenvalue weighted by molar-refractivity contribution is 5.21. The highest BCUT2D eigenvalue weighted by Gasteiger charge is 2.28. The molecule has 0 aliphatic heterocycles.